The molecule has 0 aromatic carbocycles. The van der Waals surface area contributed by atoms with Gasteiger partial charge in [0.05, 0.1) is 6.10 Å². The fraction of sp³-hybridized carbons (Fsp3) is 0.636. The standard InChI is InChI=1S/C11H20N2O/c1-4-12-10(3)11-5-6-13(8-11)7-9(2)14/h5-6,8-10,12,14H,4,7H2,1-3H3. The second-order valence-electron chi connectivity index (χ2n) is 3.77. The van der Waals surface area contributed by atoms with Crippen molar-refractivity contribution in [3.05, 3.63) is 24.0 Å². The van der Waals surface area contributed by atoms with Crippen LogP contribution in [0.5, 0.6) is 0 Å². The summed E-state index contributed by atoms with van der Waals surface area (Å²) < 4.78 is 2.02. The van der Waals surface area contributed by atoms with Crippen LogP contribution >= 0.6 is 0 Å². The van der Waals surface area contributed by atoms with Crippen molar-refractivity contribution in [2.24, 2.45) is 0 Å². The Morgan fingerprint density at radius 2 is 2.21 bits per heavy atom. The minimum absolute atomic E-state index is 0.287. The van der Waals surface area contributed by atoms with E-state index in [1.54, 1.807) is 6.92 Å². The maximum atomic E-state index is 9.22. The Morgan fingerprint density at radius 3 is 2.79 bits per heavy atom. The highest BCUT2D eigenvalue weighted by Gasteiger charge is 2.05. The molecular formula is C11H20N2O. The molecule has 0 aliphatic rings. The lowest BCUT2D eigenvalue weighted by Crippen LogP contribution is -2.17. The molecule has 1 heterocycles. The van der Waals surface area contributed by atoms with E-state index in [4.69, 9.17) is 0 Å². The third-order valence-electron chi connectivity index (χ3n) is 2.26. The van der Waals surface area contributed by atoms with Crippen molar-refractivity contribution in [1.82, 2.24) is 9.88 Å². The molecule has 14 heavy (non-hydrogen) atoms. The van der Waals surface area contributed by atoms with Gasteiger partial charge in [0.2, 0.25) is 0 Å². The van der Waals surface area contributed by atoms with Crippen LogP contribution in [0, 0.1) is 0 Å². The molecule has 3 heteroatoms. The number of aliphatic hydroxyl groups is 1. The molecule has 0 aliphatic heterocycles. The van der Waals surface area contributed by atoms with Crippen molar-refractivity contribution in [2.75, 3.05) is 6.54 Å². The Balaban J connectivity index is 2.58. The van der Waals surface area contributed by atoms with Crippen LogP contribution in [0.2, 0.25) is 0 Å². The van der Waals surface area contributed by atoms with Crippen molar-refractivity contribution < 1.29 is 5.11 Å². The third-order valence-corrected chi connectivity index (χ3v) is 2.26. The number of aliphatic hydroxyl groups excluding tert-OH is 1. The molecule has 0 amide bonds. The van der Waals surface area contributed by atoms with Crippen LogP contribution < -0.4 is 5.32 Å². The lowest BCUT2D eigenvalue weighted by Gasteiger charge is -2.10. The predicted octanol–water partition coefficient (Wildman–Crippen LogP) is 1.54. The summed E-state index contributed by atoms with van der Waals surface area (Å²) in [6.07, 6.45) is 3.81. The van der Waals surface area contributed by atoms with Crippen molar-refractivity contribution in [1.29, 1.82) is 0 Å². The molecule has 80 valence electrons. The molecule has 0 radical (unpaired) electrons. The summed E-state index contributed by atoms with van der Waals surface area (Å²) in [5.74, 6) is 0. The summed E-state index contributed by atoms with van der Waals surface area (Å²) >= 11 is 0. The molecule has 0 saturated heterocycles. The van der Waals surface area contributed by atoms with E-state index in [-0.39, 0.29) is 6.10 Å². The van der Waals surface area contributed by atoms with Gasteiger partial charge in [-0.3, -0.25) is 0 Å². The van der Waals surface area contributed by atoms with E-state index in [0.717, 1.165) is 6.54 Å². The van der Waals surface area contributed by atoms with Crippen LogP contribution in [-0.4, -0.2) is 22.3 Å². The highest BCUT2D eigenvalue weighted by molar-refractivity contribution is 5.14. The minimum atomic E-state index is -0.287. The Labute approximate surface area is 85.7 Å². The monoisotopic (exact) mass is 196 g/mol. The molecule has 0 aliphatic carbocycles. The van der Waals surface area contributed by atoms with Gasteiger partial charge in [0.25, 0.3) is 0 Å². The number of aromatic nitrogens is 1. The predicted molar refractivity (Wildman–Crippen MR) is 58.2 cm³/mol. The lowest BCUT2D eigenvalue weighted by atomic mass is 10.2. The summed E-state index contributed by atoms with van der Waals surface area (Å²) in [6, 6.07) is 2.48. The zero-order chi connectivity index (χ0) is 10.6. The second-order valence-corrected chi connectivity index (χ2v) is 3.77. The molecule has 0 fully saturated rings. The zero-order valence-corrected chi connectivity index (χ0v) is 9.20. The summed E-state index contributed by atoms with van der Waals surface area (Å²) in [4.78, 5) is 0. The first-order chi connectivity index (χ1) is 6.63. The average molecular weight is 196 g/mol. The third kappa shape index (κ3) is 3.16. The van der Waals surface area contributed by atoms with Crippen LogP contribution in [0.3, 0.4) is 0 Å². The molecule has 2 unspecified atom stereocenters. The zero-order valence-electron chi connectivity index (χ0n) is 9.20. The van der Waals surface area contributed by atoms with E-state index >= 15 is 0 Å². The van der Waals surface area contributed by atoms with Crippen LogP contribution in [0.1, 0.15) is 32.4 Å². The van der Waals surface area contributed by atoms with Gasteiger partial charge in [0.1, 0.15) is 0 Å². The van der Waals surface area contributed by atoms with Gasteiger partial charge in [-0.1, -0.05) is 6.92 Å². The Bertz CT molecular complexity index is 268. The highest BCUT2D eigenvalue weighted by Crippen LogP contribution is 2.12. The van der Waals surface area contributed by atoms with Crippen LogP contribution in [-0.2, 0) is 6.54 Å². The number of rotatable bonds is 5. The maximum absolute atomic E-state index is 9.22. The summed E-state index contributed by atoms with van der Waals surface area (Å²) in [7, 11) is 0. The Kier molecular flexibility index (Phi) is 4.17. The number of nitrogens with zero attached hydrogens (tertiary/aromatic N) is 1. The molecule has 1 rings (SSSR count). The van der Waals surface area contributed by atoms with Crippen molar-refractivity contribution >= 4 is 0 Å². The molecule has 2 atom stereocenters. The van der Waals surface area contributed by atoms with E-state index in [0.29, 0.717) is 12.6 Å². The van der Waals surface area contributed by atoms with Gasteiger partial charge < -0.3 is 15.0 Å². The van der Waals surface area contributed by atoms with Crippen molar-refractivity contribution in [3.63, 3.8) is 0 Å². The molecule has 1 aromatic heterocycles. The van der Waals surface area contributed by atoms with Gasteiger partial charge in [-0.25, -0.2) is 0 Å². The first-order valence-corrected chi connectivity index (χ1v) is 5.20. The minimum Gasteiger partial charge on any atom is -0.392 e. The lowest BCUT2D eigenvalue weighted by molar-refractivity contribution is 0.173. The molecular weight excluding hydrogens is 176 g/mol. The van der Waals surface area contributed by atoms with E-state index in [1.807, 2.05) is 10.8 Å². The molecule has 1 aromatic rings. The molecule has 2 N–H and O–H groups in total. The Hall–Kier alpha value is -0.800. The normalized spacial score (nSPS) is 15.4. The largest absolute Gasteiger partial charge is 0.392 e. The van der Waals surface area contributed by atoms with Gasteiger partial charge in [-0.2, -0.15) is 0 Å². The topological polar surface area (TPSA) is 37.2 Å². The molecule has 0 saturated carbocycles. The SMILES string of the molecule is CCNC(C)c1ccn(CC(C)O)c1. The van der Waals surface area contributed by atoms with E-state index in [2.05, 4.69) is 31.4 Å². The molecule has 3 nitrogen and oxygen atoms in total. The van der Waals surface area contributed by atoms with Gasteiger partial charge in [0, 0.05) is 25.0 Å². The molecule has 0 spiro atoms. The summed E-state index contributed by atoms with van der Waals surface area (Å²) in [5, 5.41) is 12.6. The number of hydrogen-bond acceptors (Lipinski definition) is 2. The van der Waals surface area contributed by atoms with Crippen molar-refractivity contribution in [2.45, 2.75) is 39.5 Å². The first kappa shape index (κ1) is 11.3. The van der Waals surface area contributed by atoms with Crippen LogP contribution in [0.4, 0.5) is 0 Å². The maximum Gasteiger partial charge on any atom is 0.0690 e. The van der Waals surface area contributed by atoms with E-state index in [1.165, 1.54) is 5.56 Å². The fourth-order valence-electron chi connectivity index (χ4n) is 1.56. The van der Waals surface area contributed by atoms with Gasteiger partial charge >= 0.3 is 0 Å². The smallest absolute Gasteiger partial charge is 0.0690 e. The fourth-order valence-corrected chi connectivity index (χ4v) is 1.56. The van der Waals surface area contributed by atoms with Gasteiger partial charge in [-0.15, -0.1) is 0 Å². The van der Waals surface area contributed by atoms with E-state index in [9.17, 15) is 5.11 Å². The van der Waals surface area contributed by atoms with Gasteiger partial charge in [0.15, 0.2) is 0 Å². The number of hydrogen-bond donors (Lipinski definition) is 2. The Morgan fingerprint density at radius 1 is 1.50 bits per heavy atom. The summed E-state index contributed by atoms with van der Waals surface area (Å²) in [5.41, 5.74) is 1.27. The molecule has 0 bridgehead atoms. The first-order valence-electron chi connectivity index (χ1n) is 5.20. The van der Waals surface area contributed by atoms with Crippen LogP contribution in [0.15, 0.2) is 18.5 Å². The highest BCUT2D eigenvalue weighted by atomic mass is 16.3. The number of nitrogens with one attached hydrogen (secondary N) is 1. The average Bonchev–Trinajstić information content (AvgIpc) is 2.52. The summed E-state index contributed by atoms with van der Waals surface area (Å²) in [6.45, 7) is 7.68. The van der Waals surface area contributed by atoms with Crippen LogP contribution in [0.25, 0.3) is 0 Å². The second kappa shape index (κ2) is 5.17. The van der Waals surface area contributed by atoms with E-state index < -0.39 is 0 Å². The van der Waals surface area contributed by atoms with Crippen molar-refractivity contribution in [3.8, 4) is 0 Å². The quantitative estimate of drug-likeness (QED) is 0.749. The van der Waals surface area contributed by atoms with Gasteiger partial charge in [-0.05, 0) is 32.0 Å².